The summed E-state index contributed by atoms with van der Waals surface area (Å²) in [6.45, 7) is -0.147. The minimum atomic E-state index is -0.291. The zero-order valence-corrected chi connectivity index (χ0v) is 12.4. The highest BCUT2D eigenvalue weighted by Crippen LogP contribution is 2.31. The summed E-state index contributed by atoms with van der Waals surface area (Å²) in [6.07, 6.45) is 9.18. The largest absolute Gasteiger partial charge is 0.392 e. The molecule has 2 aromatic heterocycles. The van der Waals surface area contributed by atoms with Gasteiger partial charge in [0.1, 0.15) is 0 Å². The molecule has 6 nitrogen and oxygen atoms in total. The van der Waals surface area contributed by atoms with Crippen LogP contribution in [0.15, 0.2) is 24.5 Å². The van der Waals surface area contributed by atoms with Gasteiger partial charge in [-0.25, -0.2) is 0 Å². The highest BCUT2D eigenvalue weighted by molar-refractivity contribution is 6.03. The Morgan fingerprint density at radius 3 is 2.95 bits per heavy atom. The fraction of sp³-hybridized carbons (Fsp3) is 0.438. The van der Waals surface area contributed by atoms with Crippen LogP contribution in [0.25, 0.3) is 0 Å². The summed E-state index contributed by atoms with van der Waals surface area (Å²) in [7, 11) is 0. The van der Waals surface area contributed by atoms with Gasteiger partial charge in [-0.3, -0.25) is 14.9 Å². The Labute approximate surface area is 129 Å². The van der Waals surface area contributed by atoms with Gasteiger partial charge >= 0.3 is 0 Å². The number of hydrogen-bond donors (Lipinski definition) is 3. The van der Waals surface area contributed by atoms with E-state index in [1.807, 2.05) is 6.07 Å². The van der Waals surface area contributed by atoms with E-state index in [4.69, 9.17) is 0 Å². The van der Waals surface area contributed by atoms with Crippen molar-refractivity contribution in [3.63, 3.8) is 0 Å². The van der Waals surface area contributed by atoms with Crippen molar-refractivity contribution in [2.45, 2.75) is 44.6 Å². The number of hydrogen-bond acceptors (Lipinski definition) is 4. The first-order valence-electron chi connectivity index (χ1n) is 7.68. The number of carbonyl (C=O) groups excluding carboxylic acids is 1. The van der Waals surface area contributed by atoms with Crippen LogP contribution in [-0.2, 0) is 6.61 Å². The summed E-state index contributed by atoms with van der Waals surface area (Å²) in [4.78, 5) is 16.2. The van der Waals surface area contributed by atoms with Crippen molar-refractivity contribution < 1.29 is 9.90 Å². The van der Waals surface area contributed by atoms with Crippen LogP contribution in [0.4, 0.5) is 5.69 Å². The lowest BCUT2D eigenvalue weighted by molar-refractivity contribution is 0.102. The fourth-order valence-electron chi connectivity index (χ4n) is 2.94. The van der Waals surface area contributed by atoms with E-state index >= 15 is 0 Å². The van der Waals surface area contributed by atoms with Gasteiger partial charge in [-0.2, -0.15) is 5.10 Å². The Kier molecular flexibility index (Phi) is 4.48. The van der Waals surface area contributed by atoms with Crippen LogP contribution in [0.5, 0.6) is 0 Å². The molecule has 22 heavy (non-hydrogen) atoms. The molecule has 116 valence electrons. The topological polar surface area (TPSA) is 90.9 Å². The normalized spacial score (nSPS) is 15.7. The first-order valence-corrected chi connectivity index (χ1v) is 7.68. The van der Waals surface area contributed by atoms with Crippen LogP contribution in [0.3, 0.4) is 0 Å². The minimum absolute atomic E-state index is 0.147. The number of aliphatic hydroxyl groups excluding tert-OH is 1. The van der Waals surface area contributed by atoms with E-state index in [1.165, 1.54) is 25.5 Å². The van der Waals surface area contributed by atoms with Crippen molar-refractivity contribution in [1.29, 1.82) is 0 Å². The van der Waals surface area contributed by atoms with Gasteiger partial charge in [0.2, 0.25) is 0 Å². The molecule has 2 heterocycles. The third-order valence-electron chi connectivity index (χ3n) is 4.21. The summed E-state index contributed by atoms with van der Waals surface area (Å²) in [6, 6.07) is 3.51. The number of aliphatic hydroxyl groups is 1. The number of pyridine rings is 1. The van der Waals surface area contributed by atoms with Crippen LogP contribution in [0.2, 0.25) is 0 Å². The number of carbonyl (C=O) groups is 1. The average Bonchev–Trinajstić information content (AvgIpc) is 3.06. The Morgan fingerprint density at radius 1 is 1.36 bits per heavy atom. The molecule has 1 saturated carbocycles. The minimum Gasteiger partial charge on any atom is -0.392 e. The van der Waals surface area contributed by atoms with Crippen molar-refractivity contribution in [2.24, 2.45) is 0 Å². The Hall–Kier alpha value is -2.21. The van der Waals surface area contributed by atoms with Gasteiger partial charge in [-0.15, -0.1) is 0 Å². The maximum absolute atomic E-state index is 12.3. The molecule has 3 N–H and O–H groups in total. The molecule has 1 amide bonds. The molecule has 2 aromatic rings. The highest BCUT2D eigenvalue weighted by Gasteiger charge is 2.20. The van der Waals surface area contributed by atoms with E-state index in [-0.39, 0.29) is 12.5 Å². The third-order valence-corrected chi connectivity index (χ3v) is 4.21. The number of aromatic nitrogens is 3. The van der Waals surface area contributed by atoms with E-state index < -0.39 is 0 Å². The van der Waals surface area contributed by atoms with Crippen molar-refractivity contribution in [2.75, 3.05) is 5.32 Å². The SMILES string of the molecule is O=C(Nc1cnccc1CO)c1cc(C2CCCCC2)[nH]n1. The van der Waals surface area contributed by atoms with Gasteiger partial charge < -0.3 is 10.4 Å². The molecule has 0 bridgehead atoms. The maximum atomic E-state index is 12.3. The van der Waals surface area contributed by atoms with Crippen molar-refractivity contribution >= 4 is 11.6 Å². The molecule has 0 saturated heterocycles. The number of amides is 1. The second kappa shape index (κ2) is 6.70. The smallest absolute Gasteiger partial charge is 0.276 e. The van der Waals surface area contributed by atoms with Crippen LogP contribution in [0.1, 0.15) is 59.8 Å². The molecule has 6 heteroatoms. The Morgan fingerprint density at radius 2 is 2.18 bits per heavy atom. The van der Waals surface area contributed by atoms with Gasteiger partial charge in [-0.1, -0.05) is 19.3 Å². The molecule has 0 unspecified atom stereocenters. The van der Waals surface area contributed by atoms with Gasteiger partial charge in [0.25, 0.3) is 5.91 Å². The molecule has 1 fully saturated rings. The molecule has 0 radical (unpaired) electrons. The molecule has 0 spiro atoms. The summed E-state index contributed by atoms with van der Waals surface area (Å²) in [5, 5.41) is 19.1. The first kappa shape index (κ1) is 14.7. The lowest BCUT2D eigenvalue weighted by Crippen LogP contribution is -2.14. The van der Waals surface area contributed by atoms with Crippen molar-refractivity contribution in [1.82, 2.24) is 15.2 Å². The number of anilines is 1. The number of rotatable bonds is 4. The Balaban J connectivity index is 1.71. The summed E-state index contributed by atoms with van der Waals surface area (Å²) >= 11 is 0. The second-order valence-corrected chi connectivity index (χ2v) is 5.69. The standard InChI is InChI=1S/C16H20N4O2/c21-10-12-6-7-17-9-15(12)18-16(22)14-8-13(19-20-14)11-4-2-1-3-5-11/h6-9,11,21H,1-5,10H2,(H,18,22)(H,19,20). The molecule has 0 aliphatic heterocycles. The molecule has 3 rings (SSSR count). The quantitative estimate of drug-likeness (QED) is 0.809. The van der Waals surface area contributed by atoms with Crippen LogP contribution in [-0.4, -0.2) is 26.2 Å². The third kappa shape index (κ3) is 3.17. The number of nitrogens with zero attached hydrogens (tertiary/aromatic N) is 2. The van der Waals surface area contributed by atoms with Crippen molar-refractivity contribution in [3.05, 3.63) is 41.5 Å². The highest BCUT2D eigenvalue weighted by atomic mass is 16.3. The van der Waals surface area contributed by atoms with Gasteiger partial charge in [0.05, 0.1) is 18.5 Å². The molecular formula is C16H20N4O2. The van der Waals surface area contributed by atoms with E-state index in [0.29, 0.717) is 22.9 Å². The van der Waals surface area contributed by atoms with Gasteiger partial charge in [-0.05, 0) is 25.0 Å². The Bertz CT molecular complexity index is 647. The van der Waals surface area contributed by atoms with Gasteiger partial charge in [0.15, 0.2) is 5.69 Å². The van der Waals surface area contributed by atoms with E-state index in [0.717, 1.165) is 18.5 Å². The number of nitrogens with one attached hydrogen (secondary N) is 2. The molecule has 1 aliphatic carbocycles. The molecule has 0 atom stereocenters. The van der Waals surface area contributed by atoms with E-state index in [2.05, 4.69) is 20.5 Å². The molecule has 0 aromatic carbocycles. The van der Waals surface area contributed by atoms with Crippen LogP contribution >= 0.6 is 0 Å². The summed E-state index contributed by atoms with van der Waals surface area (Å²) in [5.74, 6) is 0.190. The predicted octanol–water partition coefficient (Wildman–Crippen LogP) is 2.60. The lowest BCUT2D eigenvalue weighted by Gasteiger charge is -2.19. The van der Waals surface area contributed by atoms with Crippen molar-refractivity contribution in [3.8, 4) is 0 Å². The fourth-order valence-corrected chi connectivity index (χ4v) is 2.94. The first-order chi connectivity index (χ1) is 10.8. The van der Waals surface area contributed by atoms with Gasteiger partial charge in [0, 0.05) is 23.4 Å². The number of H-pyrrole nitrogens is 1. The molecule has 1 aliphatic rings. The zero-order chi connectivity index (χ0) is 15.4. The maximum Gasteiger partial charge on any atom is 0.276 e. The summed E-state index contributed by atoms with van der Waals surface area (Å²) in [5.41, 5.74) is 2.55. The average molecular weight is 300 g/mol. The predicted molar refractivity (Wildman–Crippen MR) is 82.5 cm³/mol. The zero-order valence-electron chi connectivity index (χ0n) is 12.4. The summed E-state index contributed by atoms with van der Waals surface area (Å²) < 4.78 is 0. The van der Waals surface area contributed by atoms with E-state index in [9.17, 15) is 9.90 Å². The monoisotopic (exact) mass is 300 g/mol. The van der Waals surface area contributed by atoms with E-state index in [1.54, 1.807) is 12.3 Å². The van der Waals surface area contributed by atoms with Crippen LogP contribution in [0, 0.1) is 0 Å². The number of aromatic amines is 1. The van der Waals surface area contributed by atoms with Crippen LogP contribution < -0.4 is 5.32 Å². The second-order valence-electron chi connectivity index (χ2n) is 5.69. The molecular weight excluding hydrogens is 280 g/mol. The lowest BCUT2D eigenvalue weighted by atomic mass is 9.87.